The minimum Gasteiger partial charge on any atom is -0.481 e. The Morgan fingerprint density at radius 3 is 2.64 bits per heavy atom. The van der Waals surface area contributed by atoms with Crippen molar-refractivity contribution in [2.75, 3.05) is 14.2 Å². The lowest BCUT2D eigenvalue weighted by molar-refractivity contribution is 0.372. The van der Waals surface area contributed by atoms with Crippen LogP contribution in [0.4, 0.5) is 4.39 Å². The zero-order chi connectivity index (χ0) is 17.4. The molecule has 0 bridgehead atoms. The first-order valence-corrected chi connectivity index (χ1v) is 7.86. The largest absolute Gasteiger partial charge is 0.481 e. The van der Waals surface area contributed by atoms with Crippen LogP contribution in [0.5, 0.6) is 11.8 Å². The fraction of sp³-hybridized carbons (Fsp3) is 0.294. The summed E-state index contributed by atoms with van der Waals surface area (Å²) in [6, 6.07) is 6.69. The molecule has 0 amide bonds. The minimum absolute atomic E-state index is 0.0422. The van der Waals surface area contributed by atoms with Gasteiger partial charge in [-0.1, -0.05) is 17.3 Å². The molecule has 128 valence electrons. The normalized spacial score (nSPS) is 15.9. The molecular formula is C17H16FN5O2. The van der Waals surface area contributed by atoms with E-state index in [1.54, 1.807) is 23.0 Å². The quantitative estimate of drug-likeness (QED) is 0.725. The third-order valence-electron chi connectivity index (χ3n) is 4.34. The van der Waals surface area contributed by atoms with E-state index in [1.165, 1.54) is 20.3 Å². The summed E-state index contributed by atoms with van der Waals surface area (Å²) in [5.74, 6) is 0.954. The lowest BCUT2D eigenvalue weighted by Gasteiger charge is -2.11. The summed E-state index contributed by atoms with van der Waals surface area (Å²) in [4.78, 5) is 8.56. The summed E-state index contributed by atoms with van der Waals surface area (Å²) in [5.41, 5.74) is 2.20. The number of fused-ring (bicyclic) bond motifs is 1. The molecular weight excluding hydrogens is 325 g/mol. The van der Waals surface area contributed by atoms with Crippen molar-refractivity contribution in [1.29, 1.82) is 0 Å². The highest BCUT2D eigenvalue weighted by atomic mass is 19.1. The fourth-order valence-electron chi connectivity index (χ4n) is 3.12. The Morgan fingerprint density at radius 1 is 1.16 bits per heavy atom. The molecule has 25 heavy (non-hydrogen) atoms. The van der Waals surface area contributed by atoms with E-state index in [2.05, 4.69) is 20.3 Å². The monoisotopic (exact) mass is 341 g/mol. The van der Waals surface area contributed by atoms with Crippen LogP contribution in [0.25, 0.3) is 11.5 Å². The van der Waals surface area contributed by atoms with Crippen LogP contribution in [0.2, 0.25) is 0 Å². The van der Waals surface area contributed by atoms with Crippen molar-refractivity contribution in [3.63, 3.8) is 0 Å². The maximum absolute atomic E-state index is 13.9. The third-order valence-corrected chi connectivity index (χ3v) is 4.34. The van der Waals surface area contributed by atoms with Crippen molar-refractivity contribution < 1.29 is 13.9 Å². The Kier molecular flexibility index (Phi) is 3.79. The molecule has 0 saturated heterocycles. The van der Waals surface area contributed by atoms with Gasteiger partial charge in [-0.3, -0.25) is 0 Å². The molecule has 2 aromatic heterocycles. The number of aromatic nitrogens is 5. The van der Waals surface area contributed by atoms with Crippen LogP contribution in [0.3, 0.4) is 0 Å². The number of methoxy groups -OCH3 is 2. The summed E-state index contributed by atoms with van der Waals surface area (Å²) in [5, 5.41) is 8.36. The second-order valence-corrected chi connectivity index (χ2v) is 5.72. The van der Waals surface area contributed by atoms with Crippen molar-refractivity contribution in [3.05, 3.63) is 47.4 Å². The molecule has 1 aromatic carbocycles. The van der Waals surface area contributed by atoms with Gasteiger partial charge in [0.25, 0.3) is 0 Å². The van der Waals surface area contributed by atoms with Gasteiger partial charge in [0.2, 0.25) is 11.8 Å². The molecule has 3 aromatic rings. The molecule has 0 saturated carbocycles. The molecule has 7 nitrogen and oxygen atoms in total. The number of rotatable bonds is 4. The standard InChI is InChI=1S/C17H16FN5O2/c1-24-15-8-16(25-2)20-17(19-15)13-9-23(22-21-13)14-7-6-10-11(14)4-3-5-12(10)18/h3-5,8-9,14H,6-7H2,1-2H3/t14-/m1/s1. The van der Waals surface area contributed by atoms with Gasteiger partial charge in [0.1, 0.15) is 5.82 Å². The maximum atomic E-state index is 13.9. The summed E-state index contributed by atoms with van der Waals surface area (Å²) >= 11 is 0. The Bertz CT molecular complexity index is 905. The zero-order valence-electron chi connectivity index (χ0n) is 13.8. The van der Waals surface area contributed by atoms with Crippen molar-refractivity contribution in [2.45, 2.75) is 18.9 Å². The van der Waals surface area contributed by atoms with Crippen molar-refractivity contribution in [3.8, 4) is 23.3 Å². The number of hydrogen-bond donors (Lipinski definition) is 0. The van der Waals surface area contributed by atoms with E-state index in [0.717, 1.165) is 17.5 Å². The molecule has 0 spiro atoms. The lowest BCUT2D eigenvalue weighted by atomic mass is 10.1. The predicted molar refractivity (Wildman–Crippen MR) is 87.0 cm³/mol. The van der Waals surface area contributed by atoms with Gasteiger partial charge in [-0.2, -0.15) is 9.97 Å². The van der Waals surface area contributed by atoms with E-state index in [0.29, 0.717) is 29.7 Å². The lowest BCUT2D eigenvalue weighted by Crippen LogP contribution is -2.08. The topological polar surface area (TPSA) is 75.0 Å². The second kappa shape index (κ2) is 6.12. The maximum Gasteiger partial charge on any atom is 0.220 e. The third kappa shape index (κ3) is 2.69. The Balaban J connectivity index is 1.70. The summed E-state index contributed by atoms with van der Waals surface area (Å²) in [6.45, 7) is 0. The Labute approximate surface area is 143 Å². The van der Waals surface area contributed by atoms with Crippen LogP contribution in [0.1, 0.15) is 23.6 Å². The van der Waals surface area contributed by atoms with Crippen molar-refractivity contribution in [2.24, 2.45) is 0 Å². The molecule has 2 heterocycles. The number of halogens is 1. The number of nitrogens with zero attached hydrogens (tertiary/aromatic N) is 5. The smallest absolute Gasteiger partial charge is 0.220 e. The van der Waals surface area contributed by atoms with Crippen LogP contribution in [0, 0.1) is 5.82 Å². The van der Waals surface area contributed by atoms with Gasteiger partial charge < -0.3 is 9.47 Å². The number of benzene rings is 1. The minimum atomic E-state index is -0.166. The summed E-state index contributed by atoms with van der Waals surface area (Å²) in [6.07, 6.45) is 3.23. The molecule has 1 aliphatic carbocycles. The zero-order valence-corrected chi connectivity index (χ0v) is 13.8. The van der Waals surface area contributed by atoms with E-state index in [9.17, 15) is 4.39 Å². The highest BCUT2D eigenvalue weighted by Gasteiger charge is 2.27. The Hall–Kier alpha value is -3.03. The van der Waals surface area contributed by atoms with Crippen LogP contribution in [0.15, 0.2) is 30.5 Å². The van der Waals surface area contributed by atoms with E-state index in [4.69, 9.17) is 9.47 Å². The number of hydrogen-bond acceptors (Lipinski definition) is 6. The van der Waals surface area contributed by atoms with E-state index in [1.807, 2.05) is 6.07 Å². The second-order valence-electron chi connectivity index (χ2n) is 5.72. The van der Waals surface area contributed by atoms with Gasteiger partial charge in [-0.15, -0.1) is 5.10 Å². The highest BCUT2D eigenvalue weighted by Crippen LogP contribution is 2.35. The van der Waals surface area contributed by atoms with Gasteiger partial charge in [-0.25, -0.2) is 9.07 Å². The van der Waals surface area contributed by atoms with Gasteiger partial charge >= 0.3 is 0 Å². The van der Waals surface area contributed by atoms with Gasteiger partial charge in [0.05, 0.1) is 32.5 Å². The average molecular weight is 341 g/mol. The van der Waals surface area contributed by atoms with Crippen LogP contribution < -0.4 is 9.47 Å². The molecule has 8 heteroatoms. The molecule has 0 fully saturated rings. The highest BCUT2D eigenvalue weighted by molar-refractivity contribution is 5.49. The molecule has 4 rings (SSSR count). The SMILES string of the molecule is COc1cc(OC)nc(-c2cn([C@@H]3CCc4c(F)cccc43)nn2)n1. The molecule has 0 aliphatic heterocycles. The van der Waals surface area contributed by atoms with E-state index < -0.39 is 0 Å². The summed E-state index contributed by atoms with van der Waals surface area (Å²) in [7, 11) is 3.04. The first-order valence-electron chi connectivity index (χ1n) is 7.86. The molecule has 1 atom stereocenters. The predicted octanol–water partition coefficient (Wildman–Crippen LogP) is 2.43. The molecule has 0 radical (unpaired) electrons. The van der Waals surface area contributed by atoms with E-state index in [-0.39, 0.29) is 11.9 Å². The molecule has 0 unspecified atom stereocenters. The average Bonchev–Trinajstić information content (AvgIpc) is 3.28. The van der Waals surface area contributed by atoms with Gasteiger partial charge in [0.15, 0.2) is 11.5 Å². The fourth-order valence-corrected chi connectivity index (χ4v) is 3.12. The van der Waals surface area contributed by atoms with Crippen LogP contribution >= 0.6 is 0 Å². The molecule has 0 N–H and O–H groups in total. The van der Waals surface area contributed by atoms with E-state index >= 15 is 0 Å². The first-order chi connectivity index (χ1) is 12.2. The summed E-state index contributed by atoms with van der Waals surface area (Å²) < 4.78 is 26.0. The molecule has 1 aliphatic rings. The van der Waals surface area contributed by atoms with Crippen molar-refractivity contribution in [1.82, 2.24) is 25.0 Å². The van der Waals surface area contributed by atoms with Crippen LogP contribution in [-0.4, -0.2) is 39.2 Å². The van der Waals surface area contributed by atoms with Crippen molar-refractivity contribution >= 4 is 0 Å². The van der Waals surface area contributed by atoms with Gasteiger partial charge in [0, 0.05) is 0 Å². The Morgan fingerprint density at radius 2 is 1.92 bits per heavy atom. The number of ether oxygens (including phenoxy) is 2. The van der Waals surface area contributed by atoms with Gasteiger partial charge in [-0.05, 0) is 30.0 Å². The first kappa shape index (κ1) is 15.5. The van der Waals surface area contributed by atoms with Crippen LogP contribution in [-0.2, 0) is 6.42 Å².